The van der Waals surface area contributed by atoms with Gasteiger partial charge in [-0.1, -0.05) is 0 Å². The van der Waals surface area contributed by atoms with Gasteiger partial charge in [0.2, 0.25) is 0 Å². The summed E-state index contributed by atoms with van der Waals surface area (Å²) < 4.78 is 4.70. The molecule has 0 aliphatic rings. The Morgan fingerprint density at radius 2 is 2.36 bits per heavy atom. The quantitative estimate of drug-likeness (QED) is 0.437. The average molecular weight is 222 g/mol. The first-order chi connectivity index (χ1) is 6.70. The second-order valence-corrected chi connectivity index (χ2v) is 3.71. The maximum atomic E-state index is 11.0. The highest BCUT2D eigenvalue weighted by molar-refractivity contribution is 7.34. The zero-order valence-electron chi connectivity index (χ0n) is 8.53. The van der Waals surface area contributed by atoms with Gasteiger partial charge in [-0.25, -0.2) is 0 Å². The number of hydrogen-bond donors (Lipinski definition) is 2. The van der Waals surface area contributed by atoms with E-state index in [1.807, 2.05) is 7.05 Å². The molecule has 0 aromatic carbocycles. The number of nitrogens with two attached hydrogens (primary N) is 1. The van der Waals surface area contributed by atoms with Crippen LogP contribution in [0.5, 0.6) is 0 Å². The number of carbonyl (C=O) groups excluding carboxylic acids is 1. The van der Waals surface area contributed by atoms with Crippen LogP contribution in [0, 0.1) is 0 Å². The van der Waals surface area contributed by atoms with E-state index in [1.54, 1.807) is 0 Å². The normalized spacial score (nSPS) is 11.4. The molecule has 0 aromatic rings. The largest absolute Gasteiger partial charge is 0.463 e. The predicted octanol–water partition coefficient (Wildman–Crippen LogP) is -0.256. The molecule has 0 aromatic heterocycles. The number of nitrogens with zero attached hydrogens (tertiary/aromatic N) is 1. The molecule has 0 aliphatic heterocycles. The van der Waals surface area contributed by atoms with Crippen LogP contribution >= 0.6 is 8.73 Å². The molecule has 0 radical (unpaired) electrons. The summed E-state index contributed by atoms with van der Waals surface area (Å²) in [5.74, 6) is -0.248. The average Bonchev–Trinajstić information content (AvgIpc) is 2.15. The zero-order valence-corrected chi connectivity index (χ0v) is 9.53. The van der Waals surface area contributed by atoms with Crippen molar-refractivity contribution in [1.82, 2.24) is 4.90 Å². The lowest BCUT2D eigenvalue weighted by molar-refractivity contribution is -0.144. The van der Waals surface area contributed by atoms with Gasteiger partial charge in [0, 0.05) is 12.7 Å². The lowest BCUT2D eigenvalue weighted by atomic mass is 10.3. The monoisotopic (exact) mass is 222 g/mol. The number of carbonyl (C=O) groups is 1. The molecule has 0 heterocycles. The van der Waals surface area contributed by atoms with Crippen molar-refractivity contribution in [3.8, 4) is 0 Å². The molecule has 0 aliphatic carbocycles. The highest BCUT2D eigenvalue weighted by Gasteiger charge is 2.03. The van der Waals surface area contributed by atoms with E-state index in [0.29, 0.717) is 15.2 Å². The van der Waals surface area contributed by atoms with E-state index in [2.05, 4.69) is 4.90 Å². The topological polar surface area (TPSA) is 75.8 Å². The highest BCUT2D eigenvalue weighted by atomic mass is 31.1. The number of esters is 1. The second kappa shape index (κ2) is 9.34. The van der Waals surface area contributed by atoms with Crippen LogP contribution in [0.4, 0.5) is 0 Å². The van der Waals surface area contributed by atoms with Crippen LogP contribution in [-0.2, 0) is 9.53 Å². The van der Waals surface area contributed by atoms with E-state index < -0.39 is 0 Å². The minimum absolute atomic E-state index is 0.0961. The Bertz CT molecular complexity index is 158. The number of rotatable bonds is 8. The van der Waals surface area contributed by atoms with Crippen molar-refractivity contribution >= 4 is 14.7 Å². The summed E-state index contributed by atoms with van der Waals surface area (Å²) in [6.45, 7) is 0.831. The molecular weight excluding hydrogens is 203 g/mol. The van der Waals surface area contributed by atoms with Crippen LogP contribution in [0.3, 0.4) is 0 Å². The molecule has 5 nitrogen and oxygen atoms in total. The summed E-state index contributed by atoms with van der Waals surface area (Å²) in [6.07, 6.45) is 2.04. The molecule has 0 fully saturated rings. The summed E-state index contributed by atoms with van der Waals surface area (Å²) >= 11 is 0. The van der Waals surface area contributed by atoms with Gasteiger partial charge in [0.15, 0.2) is 0 Å². The Kier molecular flexibility index (Phi) is 9.19. The van der Waals surface area contributed by atoms with Crippen molar-refractivity contribution in [3.05, 3.63) is 0 Å². The number of ether oxygens (including phenoxy) is 1. The van der Waals surface area contributed by atoms with Gasteiger partial charge in [0.1, 0.15) is 6.61 Å². The molecule has 3 N–H and O–H groups in total. The number of aliphatic hydroxyl groups excluding tert-OH is 1. The summed E-state index contributed by atoms with van der Waals surface area (Å²) in [5.41, 5.74) is 5.39. The molecule has 84 valence electrons. The van der Waals surface area contributed by atoms with E-state index in [1.165, 1.54) is 0 Å². The van der Waals surface area contributed by atoms with Crippen molar-refractivity contribution in [2.24, 2.45) is 5.50 Å². The Labute approximate surface area is 86.4 Å². The molecule has 6 heteroatoms. The zero-order chi connectivity index (χ0) is 10.8. The molecule has 1 unspecified atom stereocenters. The Morgan fingerprint density at radius 1 is 1.64 bits per heavy atom. The van der Waals surface area contributed by atoms with Crippen LogP contribution in [0.1, 0.15) is 12.8 Å². The summed E-state index contributed by atoms with van der Waals surface area (Å²) in [4.78, 5) is 13.0. The molecule has 0 bridgehead atoms. The molecule has 0 saturated heterocycles. The van der Waals surface area contributed by atoms with E-state index >= 15 is 0 Å². The first-order valence-electron chi connectivity index (χ1n) is 4.59. The Hall–Kier alpha value is -0.220. The van der Waals surface area contributed by atoms with Crippen LogP contribution in [0.25, 0.3) is 0 Å². The Morgan fingerprint density at radius 3 is 2.93 bits per heavy atom. The Balaban J connectivity index is 3.30. The van der Waals surface area contributed by atoms with Gasteiger partial charge in [-0.15, -0.1) is 0 Å². The van der Waals surface area contributed by atoms with Crippen molar-refractivity contribution in [2.75, 3.05) is 33.1 Å². The van der Waals surface area contributed by atoms with E-state index in [-0.39, 0.29) is 19.2 Å². The molecule has 14 heavy (non-hydrogen) atoms. The minimum atomic E-state index is -0.248. The molecule has 0 amide bonds. The summed E-state index contributed by atoms with van der Waals surface area (Å²) in [6, 6.07) is 0. The SMILES string of the molecule is CN(CCCC(=O)OCCO)CPN. The lowest BCUT2D eigenvalue weighted by Crippen LogP contribution is -2.20. The van der Waals surface area contributed by atoms with Gasteiger partial charge in [0.05, 0.1) is 6.61 Å². The van der Waals surface area contributed by atoms with Crippen LogP contribution < -0.4 is 5.50 Å². The van der Waals surface area contributed by atoms with Gasteiger partial charge in [-0.3, -0.25) is 4.79 Å². The van der Waals surface area contributed by atoms with E-state index in [4.69, 9.17) is 15.3 Å². The fourth-order valence-electron chi connectivity index (χ4n) is 0.960. The van der Waals surface area contributed by atoms with Crippen LogP contribution in [0.2, 0.25) is 0 Å². The van der Waals surface area contributed by atoms with Crippen molar-refractivity contribution in [2.45, 2.75) is 12.8 Å². The summed E-state index contributed by atoms with van der Waals surface area (Å²) in [7, 11) is 2.39. The fraction of sp³-hybridized carbons (Fsp3) is 0.875. The van der Waals surface area contributed by atoms with Crippen LogP contribution in [0.15, 0.2) is 0 Å². The van der Waals surface area contributed by atoms with Crippen LogP contribution in [-0.4, -0.2) is 49.1 Å². The maximum absolute atomic E-state index is 11.0. The van der Waals surface area contributed by atoms with Gasteiger partial charge < -0.3 is 20.2 Å². The molecular formula is C8H19N2O3P. The number of hydrogen-bond acceptors (Lipinski definition) is 5. The van der Waals surface area contributed by atoms with Crippen molar-refractivity contribution in [1.29, 1.82) is 0 Å². The standard InChI is InChI=1S/C8H19N2O3P/c1-10(7-14-9)4-2-3-8(12)13-6-5-11/h11,14H,2-7,9H2,1H3. The first kappa shape index (κ1) is 13.8. The predicted molar refractivity (Wildman–Crippen MR) is 57.3 cm³/mol. The molecule has 0 rings (SSSR count). The molecule has 0 spiro atoms. The smallest absolute Gasteiger partial charge is 0.305 e. The third-order valence-corrected chi connectivity index (χ3v) is 2.36. The second-order valence-electron chi connectivity index (χ2n) is 2.99. The highest BCUT2D eigenvalue weighted by Crippen LogP contribution is 2.01. The lowest BCUT2D eigenvalue weighted by Gasteiger charge is -2.14. The number of aliphatic hydroxyl groups is 1. The van der Waals surface area contributed by atoms with Gasteiger partial charge in [0.25, 0.3) is 0 Å². The first-order valence-corrected chi connectivity index (χ1v) is 5.87. The maximum Gasteiger partial charge on any atom is 0.305 e. The van der Waals surface area contributed by atoms with E-state index in [9.17, 15) is 4.79 Å². The van der Waals surface area contributed by atoms with Gasteiger partial charge >= 0.3 is 5.97 Å². The molecule has 1 atom stereocenters. The van der Waals surface area contributed by atoms with E-state index in [0.717, 1.165) is 19.3 Å². The van der Waals surface area contributed by atoms with Gasteiger partial charge in [-0.05, 0) is 28.7 Å². The minimum Gasteiger partial charge on any atom is -0.463 e. The third-order valence-electron chi connectivity index (χ3n) is 1.64. The fourth-order valence-corrected chi connectivity index (χ4v) is 1.43. The molecule has 0 saturated carbocycles. The van der Waals surface area contributed by atoms with Crippen molar-refractivity contribution < 1.29 is 14.6 Å². The summed E-state index contributed by atoms with van der Waals surface area (Å²) in [5, 5.41) is 8.40. The van der Waals surface area contributed by atoms with Gasteiger partial charge in [-0.2, -0.15) is 0 Å². The third kappa shape index (κ3) is 8.38. The van der Waals surface area contributed by atoms with Crippen molar-refractivity contribution in [3.63, 3.8) is 0 Å².